The zero-order valence-electron chi connectivity index (χ0n) is 11.4. The lowest BCUT2D eigenvalue weighted by molar-refractivity contribution is -0.0498. The number of alkyl halides is 2. The van der Waals surface area contributed by atoms with Crippen LogP contribution in [0.1, 0.15) is 22.8 Å². The molecule has 21 heavy (non-hydrogen) atoms. The molecule has 0 saturated carbocycles. The summed E-state index contributed by atoms with van der Waals surface area (Å²) in [4.78, 5) is 11.9. The van der Waals surface area contributed by atoms with E-state index in [4.69, 9.17) is 0 Å². The minimum atomic E-state index is -2.87. The molecule has 0 bridgehead atoms. The van der Waals surface area contributed by atoms with Crippen LogP contribution < -0.4 is 4.74 Å². The van der Waals surface area contributed by atoms with Gasteiger partial charge in [-0.2, -0.15) is 13.9 Å². The fourth-order valence-electron chi connectivity index (χ4n) is 1.71. The van der Waals surface area contributed by atoms with E-state index in [9.17, 15) is 13.6 Å². The van der Waals surface area contributed by atoms with Gasteiger partial charge < -0.3 is 4.74 Å². The number of nitrogens with zero attached hydrogens (tertiary/aromatic N) is 2. The lowest BCUT2D eigenvalue weighted by atomic mass is 10.1. The second-order valence-electron chi connectivity index (χ2n) is 4.23. The molecule has 0 aliphatic heterocycles. The Morgan fingerprint density at radius 3 is 2.67 bits per heavy atom. The van der Waals surface area contributed by atoms with Crippen LogP contribution in [0.3, 0.4) is 0 Å². The van der Waals surface area contributed by atoms with E-state index >= 15 is 0 Å². The number of aryl methyl sites for hydroxylation is 1. The highest BCUT2D eigenvalue weighted by molar-refractivity contribution is 6.06. The minimum Gasteiger partial charge on any atom is -0.435 e. The molecule has 2 aromatic rings. The van der Waals surface area contributed by atoms with Crippen molar-refractivity contribution in [3.8, 4) is 5.75 Å². The Balaban J connectivity index is 2.02. The molecule has 0 amide bonds. The van der Waals surface area contributed by atoms with Gasteiger partial charge in [-0.1, -0.05) is 0 Å². The average molecular weight is 292 g/mol. The molecular formula is C15H14F2N2O2. The predicted octanol–water partition coefficient (Wildman–Crippen LogP) is 3.40. The Hall–Kier alpha value is -2.50. The van der Waals surface area contributed by atoms with Gasteiger partial charge in [0.05, 0.1) is 6.20 Å². The molecule has 1 aromatic carbocycles. The number of benzene rings is 1. The summed E-state index contributed by atoms with van der Waals surface area (Å²) >= 11 is 0. The van der Waals surface area contributed by atoms with Gasteiger partial charge in [-0.05, 0) is 43.3 Å². The highest BCUT2D eigenvalue weighted by Crippen LogP contribution is 2.15. The van der Waals surface area contributed by atoms with Crippen LogP contribution in [0.15, 0.2) is 42.7 Å². The van der Waals surface area contributed by atoms with Crippen LogP contribution in [0.25, 0.3) is 6.08 Å². The first-order valence-corrected chi connectivity index (χ1v) is 6.38. The maximum absolute atomic E-state index is 12.0. The van der Waals surface area contributed by atoms with Crippen molar-refractivity contribution in [2.24, 2.45) is 0 Å². The molecule has 1 heterocycles. The lowest BCUT2D eigenvalue weighted by Gasteiger charge is -2.04. The second kappa shape index (κ2) is 6.78. The average Bonchev–Trinajstić information content (AvgIpc) is 2.93. The van der Waals surface area contributed by atoms with Crippen molar-refractivity contribution in [1.29, 1.82) is 0 Å². The molecule has 2 rings (SSSR count). The molecule has 4 nitrogen and oxygen atoms in total. The number of carbonyl (C=O) groups is 1. The summed E-state index contributed by atoms with van der Waals surface area (Å²) in [5.41, 5.74) is 1.22. The summed E-state index contributed by atoms with van der Waals surface area (Å²) in [6, 6.07) is 5.56. The van der Waals surface area contributed by atoms with Crippen molar-refractivity contribution in [3.63, 3.8) is 0 Å². The fraction of sp³-hybridized carbons (Fsp3) is 0.200. The quantitative estimate of drug-likeness (QED) is 0.605. The summed E-state index contributed by atoms with van der Waals surface area (Å²) in [6.07, 6.45) is 6.56. The molecular weight excluding hydrogens is 278 g/mol. The Labute approximate surface area is 120 Å². The van der Waals surface area contributed by atoms with E-state index < -0.39 is 6.61 Å². The first-order valence-electron chi connectivity index (χ1n) is 6.38. The number of ether oxygens (including phenoxy) is 1. The van der Waals surface area contributed by atoms with Gasteiger partial charge in [-0.3, -0.25) is 9.48 Å². The van der Waals surface area contributed by atoms with Crippen LogP contribution >= 0.6 is 0 Å². The van der Waals surface area contributed by atoms with Gasteiger partial charge in [0.15, 0.2) is 5.78 Å². The maximum atomic E-state index is 12.0. The van der Waals surface area contributed by atoms with Crippen LogP contribution in [0.4, 0.5) is 8.78 Å². The summed E-state index contributed by atoms with van der Waals surface area (Å²) in [5, 5.41) is 4.09. The third-order valence-electron chi connectivity index (χ3n) is 2.77. The van der Waals surface area contributed by atoms with Gasteiger partial charge in [0.1, 0.15) is 5.75 Å². The molecule has 0 radical (unpaired) electrons. The normalized spacial score (nSPS) is 11.2. The topological polar surface area (TPSA) is 44.1 Å². The van der Waals surface area contributed by atoms with E-state index in [0.29, 0.717) is 5.56 Å². The smallest absolute Gasteiger partial charge is 0.387 e. The zero-order valence-corrected chi connectivity index (χ0v) is 11.4. The van der Waals surface area contributed by atoms with Crippen LogP contribution in [-0.2, 0) is 6.54 Å². The van der Waals surface area contributed by atoms with Gasteiger partial charge in [0, 0.05) is 23.9 Å². The summed E-state index contributed by atoms with van der Waals surface area (Å²) in [6.45, 7) is -0.149. The Morgan fingerprint density at radius 1 is 1.38 bits per heavy atom. The molecule has 0 saturated heterocycles. The predicted molar refractivity (Wildman–Crippen MR) is 74.3 cm³/mol. The molecule has 0 atom stereocenters. The zero-order chi connectivity index (χ0) is 15.2. The Kier molecular flexibility index (Phi) is 4.81. The Bertz CT molecular complexity index is 633. The maximum Gasteiger partial charge on any atom is 0.387 e. The van der Waals surface area contributed by atoms with Gasteiger partial charge in [0.25, 0.3) is 0 Å². The second-order valence-corrected chi connectivity index (χ2v) is 4.23. The summed E-state index contributed by atoms with van der Waals surface area (Å²) in [5.74, 6) is -0.197. The first kappa shape index (κ1) is 14.9. The SMILES string of the molecule is CCn1cc(C=CC(=O)c2ccc(OC(F)F)cc2)cn1. The van der Waals surface area contributed by atoms with Crippen molar-refractivity contribution in [2.45, 2.75) is 20.1 Å². The van der Waals surface area contributed by atoms with Crippen molar-refractivity contribution in [1.82, 2.24) is 9.78 Å². The number of hydrogen-bond acceptors (Lipinski definition) is 3. The lowest BCUT2D eigenvalue weighted by Crippen LogP contribution is -2.02. The van der Waals surface area contributed by atoms with Crippen LogP contribution in [0, 0.1) is 0 Å². The number of ketones is 1. The van der Waals surface area contributed by atoms with Crippen molar-refractivity contribution < 1.29 is 18.3 Å². The Morgan fingerprint density at radius 2 is 2.10 bits per heavy atom. The van der Waals surface area contributed by atoms with E-state index in [1.165, 1.54) is 30.3 Å². The third-order valence-corrected chi connectivity index (χ3v) is 2.77. The van der Waals surface area contributed by atoms with E-state index in [1.54, 1.807) is 17.0 Å². The number of allylic oxidation sites excluding steroid dienone is 1. The fourth-order valence-corrected chi connectivity index (χ4v) is 1.71. The number of carbonyl (C=O) groups excluding carboxylic acids is 1. The molecule has 6 heteroatoms. The van der Waals surface area contributed by atoms with Crippen molar-refractivity contribution in [3.05, 3.63) is 53.9 Å². The van der Waals surface area contributed by atoms with Crippen LogP contribution in [0.2, 0.25) is 0 Å². The molecule has 0 unspecified atom stereocenters. The number of hydrogen-bond donors (Lipinski definition) is 0. The van der Waals surface area contributed by atoms with E-state index in [-0.39, 0.29) is 11.5 Å². The summed E-state index contributed by atoms with van der Waals surface area (Å²) < 4.78 is 30.0. The van der Waals surface area contributed by atoms with Crippen LogP contribution in [0.5, 0.6) is 5.75 Å². The molecule has 1 aromatic heterocycles. The molecule has 0 aliphatic carbocycles. The van der Waals surface area contributed by atoms with Gasteiger partial charge in [-0.15, -0.1) is 0 Å². The van der Waals surface area contributed by atoms with Crippen molar-refractivity contribution in [2.75, 3.05) is 0 Å². The highest BCUT2D eigenvalue weighted by Gasteiger charge is 2.06. The van der Waals surface area contributed by atoms with Gasteiger partial charge in [-0.25, -0.2) is 0 Å². The summed E-state index contributed by atoms with van der Waals surface area (Å²) in [7, 11) is 0. The van der Waals surface area contributed by atoms with Gasteiger partial charge >= 0.3 is 6.61 Å². The molecule has 0 fully saturated rings. The molecule has 0 N–H and O–H groups in total. The van der Waals surface area contributed by atoms with Crippen LogP contribution in [-0.4, -0.2) is 22.2 Å². The first-order chi connectivity index (χ1) is 10.1. The minimum absolute atomic E-state index is 0.0229. The standard InChI is InChI=1S/C15H14F2N2O2/c1-2-19-10-11(9-18-19)3-8-14(20)12-4-6-13(7-5-12)21-15(16)17/h3-10,15H,2H2,1H3. The van der Waals surface area contributed by atoms with Gasteiger partial charge in [0.2, 0.25) is 0 Å². The highest BCUT2D eigenvalue weighted by atomic mass is 19.3. The molecule has 0 aliphatic rings. The number of aromatic nitrogens is 2. The van der Waals surface area contributed by atoms with E-state index in [2.05, 4.69) is 9.84 Å². The molecule has 0 spiro atoms. The number of rotatable bonds is 6. The largest absolute Gasteiger partial charge is 0.435 e. The van der Waals surface area contributed by atoms with E-state index in [0.717, 1.165) is 12.1 Å². The number of halogens is 2. The third kappa shape index (κ3) is 4.24. The molecule has 110 valence electrons. The van der Waals surface area contributed by atoms with Crippen molar-refractivity contribution >= 4 is 11.9 Å². The monoisotopic (exact) mass is 292 g/mol. The van der Waals surface area contributed by atoms with E-state index in [1.807, 2.05) is 13.1 Å².